The van der Waals surface area contributed by atoms with Gasteiger partial charge in [-0.2, -0.15) is 0 Å². The van der Waals surface area contributed by atoms with E-state index < -0.39 is 23.9 Å². The molecule has 2 aliphatic heterocycles. The second kappa shape index (κ2) is 16.0. The Kier molecular flexibility index (Phi) is 11.9. The van der Waals surface area contributed by atoms with Gasteiger partial charge in [0.15, 0.2) is 0 Å². The number of morpholine rings is 1. The minimum Gasteiger partial charge on any atom is -0.493 e. The number of hydrogen-bond acceptors (Lipinski definition) is 7. The highest BCUT2D eigenvalue weighted by molar-refractivity contribution is 5.99. The smallest absolute Gasteiger partial charge is 0.255 e. The topological polar surface area (TPSA) is 138 Å². The van der Waals surface area contributed by atoms with E-state index >= 15 is 0 Å². The predicted octanol–water partition coefficient (Wildman–Crippen LogP) is 1.75. The molecule has 2 atom stereocenters. The first-order valence-electron chi connectivity index (χ1n) is 15.1. The average molecular weight is 594 g/mol. The summed E-state index contributed by atoms with van der Waals surface area (Å²) in [7, 11) is 0. The molecule has 2 aliphatic rings. The summed E-state index contributed by atoms with van der Waals surface area (Å²) < 4.78 is 11.3. The molecule has 2 aromatic carbocycles. The number of carbonyl (C=O) groups is 4. The fourth-order valence-electron chi connectivity index (χ4n) is 5.01. The van der Waals surface area contributed by atoms with Crippen LogP contribution in [0.1, 0.15) is 54.6 Å². The molecular weight excluding hydrogens is 550 g/mol. The van der Waals surface area contributed by atoms with E-state index in [9.17, 15) is 19.2 Å². The van der Waals surface area contributed by atoms with Crippen molar-refractivity contribution in [1.82, 2.24) is 26.2 Å². The van der Waals surface area contributed by atoms with Gasteiger partial charge in [-0.25, -0.2) is 0 Å². The molecule has 0 radical (unpaired) electrons. The summed E-state index contributed by atoms with van der Waals surface area (Å²) in [6.45, 7) is 8.77. The Balaban J connectivity index is 1.44. The lowest BCUT2D eigenvalue weighted by atomic mass is 10.0. The zero-order valence-electron chi connectivity index (χ0n) is 25.0. The lowest BCUT2D eigenvalue weighted by Crippen LogP contribution is -2.51. The quantitative estimate of drug-likeness (QED) is 0.401. The number of nitrogens with one attached hydrogen (secondary N) is 4. The molecule has 0 aliphatic carbocycles. The van der Waals surface area contributed by atoms with E-state index in [1.54, 1.807) is 24.3 Å². The molecule has 4 N–H and O–H groups in total. The third-order valence-corrected chi connectivity index (χ3v) is 7.56. The van der Waals surface area contributed by atoms with E-state index in [0.717, 1.165) is 38.4 Å². The SMILES string of the molecule is CC(C)[C@H]1NC(=O)CC[C@@H](C(=O)NCc2ccc(CN3CCOCC3)cc2)NC(=O)c2ccccc2OCCCNC1=O. The Bertz CT molecular complexity index is 1250. The molecule has 0 spiro atoms. The van der Waals surface area contributed by atoms with Crippen molar-refractivity contribution < 1.29 is 28.7 Å². The molecule has 2 heterocycles. The molecule has 0 saturated carbocycles. The van der Waals surface area contributed by atoms with E-state index in [1.165, 1.54) is 5.56 Å². The van der Waals surface area contributed by atoms with E-state index in [1.807, 2.05) is 38.1 Å². The van der Waals surface area contributed by atoms with Crippen LogP contribution in [-0.2, 0) is 32.2 Å². The van der Waals surface area contributed by atoms with Crippen molar-refractivity contribution in [3.63, 3.8) is 0 Å². The summed E-state index contributed by atoms with van der Waals surface area (Å²) in [4.78, 5) is 54.6. The summed E-state index contributed by atoms with van der Waals surface area (Å²) in [5, 5.41) is 11.3. The van der Waals surface area contributed by atoms with Crippen LogP contribution in [0.3, 0.4) is 0 Å². The van der Waals surface area contributed by atoms with Gasteiger partial charge in [-0.15, -0.1) is 0 Å². The Labute approximate surface area is 253 Å². The molecule has 43 heavy (non-hydrogen) atoms. The number of amides is 4. The van der Waals surface area contributed by atoms with Crippen LogP contribution >= 0.6 is 0 Å². The fourth-order valence-corrected chi connectivity index (χ4v) is 5.01. The summed E-state index contributed by atoms with van der Waals surface area (Å²) in [6.07, 6.45) is 0.514. The molecule has 4 rings (SSSR count). The van der Waals surface area contributed by atoms with Gasteiger partial charge in [0.2, 0.25) is 17.7 Å². The molecule has 1 fully saturated rings. The monoisotopic (exact) mass is 593 g/mol. The van der Waals surface area contributed by atoms with Crippen molar-refractivity contribution in [2.24, 2.45) is 5.92 Å². The number of benzene rings is 2. The zero-order valence-corrected chi connectivity index (χ0v) is 25.0. The van der Waals surface area contributed by atoms with Gasteiger partial charge in [-0.3, -0.25) is 24.1 Å². The van der Waals surface area contributed by atoms with E-state index in [0.29, 0.717) is 18.7 Å². The summed E-state index contributed by atoms with van der Waals surface area (Å²) >= 11 is 0. The second-order valence-corrected chi connectivity index (χ2v) is 11.3. The largest absolute Gasteiger partial charge is 0.493 e. The lowest BCUT2D eigenvalue weighted by Gasteiger charge is -2.26. The molecule has 2 aromatic rings. The van der Waals surface area contributed by atoms with Crippen molar-refractivity contribution in [3.8, 4) is 5.75 Å². The maximum absolute atomic E-state index is 13.4. The Morgan fingerprint density at radius 2 is 1.70 bits per heavy atom. The average Bonchev–Trinajstić information content (AvgIpc) is 3.01. The van der Waals surface area contributed by atoms with E-state index in [-0.39, 0.29) is 49.3 Å². The molecule has 0 bridgehead atoms. The number of hydrogen-bond donors (Lipinski definition) is 4. The number of fused-ring (bicyclic) bond motifs is 1. The Morgan fingerprint density at radius 1 is 0.977 bits per heavy atom. The van der Waals surface area contributed by atoms with Gasteiger partial charge in [0.05, 0.1) is 25.4 Å². The first kappa shape index (κ1) is 32.0. The third-order valence-electron chi connectivity index (χ3n) is 7.56. The maximum Gasteiger partial charge on any atom is 0.255 e. The minimum absolute atomic E-state index is 0.0523. The van der Waals surface area contributed by atoms with Crippen LogP contribution < -0.4 is 26.0 Å². The number of rotatable bonds is 6. The summed E-state index contributed by atoms with van der Waals surface area (Å²) in [5.41, 5.74) is 2.39. The standard InChI is InChI=1S/C32H43N5O6/c1-22(2)29-32(41)33-14-5-17-43-27-7-4-3-6-25(27)30(39)35-26(12-13-28(38)36-29)31(40)34-20-23-8-10-24(11-9-23)21-37-15-18-42-19-16-37/h3-4,6-11,22,26,29H,5,12-21H2,1-2H3,(H,33,41)(H,34,40)(H,35,39)(H,36,38)/t26-,29+/m0/s1. The molecule has 232 valence electrons. The number of carbonyl (C=O) groups excluding carboxylic acids is 4. The van der Waals surface area contributed by atoms with Gasteiger partial charge in [-0.05, 0) is 42.0 Å². The van der Waals surface area contributed by atoms with Crippen LogP contribution in [0.15, 0.2) is 48.5 Å². The maximum atomic E-state index is 13.4. The molecular formula is C32H43N5O6. The third kappa shape index (κ3) is 9.79. The predicted molar refractivity (Wildman–Crippen MR) is 161 cm³/mol. The van der Waals surface area contributed by atoms with Crippen molar-refractivity contribution in [3.05, 3.63) is 65.2 Å². The van der Waals surface area contributed by atoms with Gasteiger partial charge < -0.3 is 30.7 Å². The highest BCUT2D eigenvalue weighted by atomic mass is 16.5. The Hall–Kier alpha value is -3.96. The number of para-hydroxylation sites is 1. The van der Waals surface area contributed by atoms with Gasteiger partial charge in [0.25, 0.3) is 5.91 Å². The zero-order chi connectivity index (χ0) is 30.6. The number of ether oxygens (including phenoxy) is 2. The van der Waals surface area contributed by atoms with Crippen molar-refractivity contribution in [2.75, 3.05) is 39.5 Å². The first-order valence-corrected chi connectivity index (χ1v) is 15.1. The molecule has 11 nitrogen and oxygen atoms in total. The van der Waals surface area contributed by atoms with Crippen LogP contribution in [0, 0.1) is 5.92 Å². The lowest BCUT2D eigenvalue weighted by molar-refractivity contribution is -0.130. The highest BCUT2D eigenvalue weighted by Gasteiger charge is 2.27. The fraction of sp³-hybridized carbons (Fsp3) is 0.500. The van der Waals surface area contributed by atoms with Gasteiger partial charge >= 0.3 is 0 Å². The van der Waals surface area contributed by atoms with E-state index in [2.05, 4.69) is 26.2 Å². The van der Waals surface area contributed by atoms with Crippen molar-refractivity contribution >= 4 is 23.6 Å². The van der Waals surface area contributed by atoms with Crippen molar-refractivity contribution in [1.29, 1.82) is 0 Å². The molecule has 1 saturated heterocycles. The van der Waals surface area contributed by atoms with Crippen molar-refractivity contribution in [2.45, 2.75) is 58.3 Å². The highest BCUT2D eigenvalue weighted by Crippen LogP contribution is 2.19. The van der Waals surface area contributed by atoms with Crippen LogP contribution in [0.5, 0.6) is 5.75 Å². The normalized spacial score (nSPS) is 21.1. The van der Waals surface area contributed by atoms with E-state index in [4.69, 9.17) is 9.47 Å². The minimum atomic E-state index is -0.980. The Morgan fingerprint density at radius 3 is 2.44 bits per heavy atom. The van der Waals surface area contributed by atoms with Gasteiger partial charge in [0.1, 0.15) is 17.8 Å². The summed E-state index contributed by atoms with van der Waals surface area (Å²) in [5.74, 6) is -1.26. The molecule has 0 unspecified atom stereocenters. The van der Waals surface area contributed by atoms with Crippen LogP contribution in [-0.4, -0.2) is 80.1 Å². The molecule has 11 heteroatoms. The van der Waals surface area contributed by atoms with Crippen LogP contribution in [0.2, 0.25) is 0 Å². The summed E-state index contributed by atoms with van der Waals surface area (Å²) in [6, 6.07) is 13.2. The molecule has 0 aromatic heterocycles. The van der Waals surface area contributed by atoms with Crippen LogP contribution in [0.4, 0.5) is 0 Å². The molecule has 4 amide bonds. The number of nitrogens with zero attached hydrogens (tertiary/aromatic N) is 1. The second-order valence-electron chi connectivity index (χ2n) is 11.3. The van der Waals surface area contributed by atoms with Gasteiger partial charge in [-0.1, -0.05) is 50.2 Å². The van der Waals surface area contributed by atoms with Gasteiger partial charge in [0, 0.05) is 39.1 Å². The van der Waals surface area contributed by atoms with Crippen LogP contribution in [0.25, 0.3) is 0 Å². The first-order chi connectivity index (χ1) is 20.8.